The Morgan fingerprint density at radius 1 is 1.09 bits per heavy atom. The molecule has 0 aliphatic heterocycles. The van der Waals surface area contributed by atoms with Crippen molar-refractivity contribution in [1.29, 1.82) is 0 Å². The summed E-state index contributed by atoms with van der Waals surface area (Å²) in [6, 6.07) is 10.1. The molecule has 23 heavy (non-hydrogen) atoms. The van der Waals surface area contributed by atoms with Crippen LogP contribution < -0.4 is 0 Å². The summed E-state index contributed by atoms with van der Waals surface area (Å²) in [7, 11) is -3.79. The summed E-state index contributed by atoms with van der Waals surface area (Å²) >= 11 is 0. The summed E-state index contributed by atoms with van der Waals surface area (Å²) < 4.78 is 52.2. The third-order valence-electron chi connectivity index (χ3n) is 3.77. The van der Waals surface area contributed by atoms with Crippen molar-refractivity contribution in [2.45, 2.75) is 25.2 Å². The van der Waals surface area contributed by atoms with E-state index in [-0.39, 0.29) is 0 Å². The van der Waals surface area contributed by atoms with Gasteiger partial charge < -0.3 is 5.11 Å². The highest BCUT2D eigenvalue weighted by molar-refractivity contribution is 7.91. The molecule has 2 aromatic carbocycles. The smallest absolute Gasteiger partial charge is 0.159 e. The highest BCUT2D eigenvalue weighted by Crippen LogP contribution is 2.28. The van der Waals surface area contributed by atoms with Crippen molar-refractivity contribution in [2.24, 2.45) is 0 Å². The van der Waals surface area contributed by atoms with Crippen molar-refractivity contribution in [1.82, 2.24) is 0 Å². The Morgan fingerprint density at radius 3 is 2.22 bits per heavy atom. The Bertz CT molecular complexity index is 783. The molecule has 1 N–H and O–H groups in total. The number of hydrogen-bond donors (Lipinski definition) is 1. The third kappa shape index (κ3) is 3.95. The van der Waals surface area contributed by atoms with Gasteiger partial charge in [0.1, 0.15) is 11.6 Å². The molecule has 2 aromatic rings. The molecule has 2 unspecified atom stereocenters. The van der Waals surface area contributed by atoms with E-state index in [4.69, 9.17) is 0 Å². The number of rotatable bonds is 5. The van der Waals surface area contributed by atoms with E-state index in [1.165, 1.54) is 6.92 Å². The Morgan fingerprint density at radius 2 is 1.65 bits per heavy atom. The summed E-state index contributed by atoms with van der Waals surface area (Å²) in [5, 5.41) is 9.13. The summed E-state index contributed by atoms with van der Waals surface area (Å²) in [5.74, 6) is -2.67. The van der Waals surface area contributed by atoms with Crippen LogP contribution >= 0.6 is 0 Å². The van der Waals surface area contributed by atoms with Crippen molar-refractivity contribution >= 4 is 9.84 Å². The Hall–Kier alpha value is -1.79. The lowest BCUT2D eigenvalue weighted by Gasteiger charge is -2.18. The fourth-order valence-corrected chi connectivity index (χ4v) is 3.86. The van der Waals surface area contributed by atoms with Crippen LogP contribution in [-0.2, 0) is 9.84 Å². The SMILES string of the molecule is Cc1cccc(C(C)S(=O)(=O)CC(O)c2c(F)cccc2F)c1. The van der Waals surface area contributed by atoms with E-state index in [0.717, 1.165) is 23.8 Å². The number of aliphatic hydroxyl groups is 1. The predicted molar refractivity (Wildman–Crippen MR) is 84.7 cm³/mol. The second-order valence-corrected chi connectivity index (χ2v) is 7.90. The Balaban J connectivity index is 2.27. The van der Waals surface area contributed by atoms with Gasteiger partial charge in [-0.1, -0.05) is 35.9 Å². The zero-order valence-corrected chi connectivity index (χ0v) is 13.6. The molecule has 2 rings (SSSR count). The minimum atomic E-state index is -3.79. The molecular formula is C17H18F2O3S. The molecular weight excluding hydrogens is 322 g/mol. The molecule has 2 atom stereocenters. The van der Waals surface area contributed by atoms with Crippen LogP contribution in [0.3, 0.4) is 0 Å². The van der Waals surface area contributed by atoms with E-state index in [2.05, 4.69) is 0 Å². The Labute approximate surface area is 134 Å². The molecule has 0 radical (unpaired) electrons. The molecule has 0 spiro atoms. The summed E-state index contributed by atoms with van der Waals surface area (Å²) in [6.45, 7) is 3.33. The fraction of sp³-hybridized carbons (Fsp3) is 0.294. The van der Waals surface area contributed by atoms with Crippen molar-refractivity contribution in [3.8, 4) is 0 Å². The van der Waals surface area contributed by atoms with Crippen molar-refractivity contribution in [2.75, 3.05) is 5.75 Å². The Kier molecular flexibility index (Phi) is 5.16. The first-order valence-electron chi connectivity index (χ1n) is 7.12. The topological polar surface area (TPSA) is 54.4 Å². The quantitative estimate of drug-likeness (QED) is 0.906. The first kappa shape index (κ1) is 17.6. The summed E-state index contributed by atoms with van der Waals surface area (Å²) in [4.78, 5) is 0. The number of sulfone groups is 1. The van der Waals surface area contributed by atoms with Gasteiger partial charge in [0, 0.05) is 0 Å². The molecule has 0 saturated heterocycles. The van der Waals surface area contributed by atoms with Gasteiger partial charge in [0.25, 0.3) is 0 Å². The van der Waals surface area contributed by atoms with Crippen LogP contribution in [0, 0.1) is 18.6 Å². The van der Waals surface area contributed by atoms with E-state index in [9.17, 15) is 22.3 Å². The normalized spacial score (nSPS) is 14.5. The van der Waals surface area contributed by atoms with Gasteiger partial charge in [-0.25, -0.2) is 17.2 Å². The molecule has 0 aromatic heterocycles. The lowest BCUT2D eigenvalue weighted by atomic mass is 10.1. The van der Waals surface area contributed by atoms with Gasteiger partial charge in [-0.05, 0) is 31.5 Å². The zero-order valence-electron chi connectivity index (χ0n) is 12.8. The monoisotopic (exact) mass is 340 g/mol. The van der Waals surface area contributed by atoms with Crippen molar-refractivity contribution < 1.29 is 22.3 Å². The van der Waals surface area contributed by atoms with Crippen molar-refractivity contribution in [3.05, 3.63) is 70.8 Å². The summed E-state index contributed by atoms with van der Waals surface area (Å²) in [5.41, 5.74) is 0.865. The van der Waals surface area contributed by atoms with Crippen LogP contribution in [0.25, 0.3) is 0 Å². The maximum absolute atomic E-state index is 13.7. The van der Waals surface area contributed by atoms with Crippen molar-refractivity contribution in [3.63, 3.8) is 0 Å². The lowest BCUT2D eigenvalue weighted by Crippen LogP contribution is -2.21. The van der Waals surface area contributed by atoms with E-state index in [1.54, 1.807) is 18.2 Å². The number of benzene rings is 2. The standard InChI is InChI=1S/C17H18F2O3S/c1-11-5-3-6-13(9-11)12(2)23(21,22)10-16(20)17-14(18)7-4-8-15(17)19/h3-9,12,16,20H,10H2,1-2H3. The molecule has 0 saturated carbocycles. The number of aryl methyl sites for hydroxylation is 1. The molecule has 0 fully saturated rings. The van der Waals surface area contributed by atoms with E-state index >= 15 is 0 Å². The maximum Gasteiger partial charge on any atom is 0.159 e. The van der Waals surface area contributed by atoms with Gasteiger partial charge in [0.05, 0.1) is 22.7 Å². The molecule has 0 amide bonds. The van der Waals surface area contributed by atoms with Gasteiger partial charge >= 0.3 is 0 Å². The maximum atomic E-state index is 13.7. The molecule has 6 heteroatoms. The first-order chi connectivity index (χ1) is 10.7. The average molecular weight is 340 g/mol. The van der Waals surface area contributed by atoms with Crippen LogP contribution in [0.1, 0.15) is 35.0 Å². The van der Waals surface area contributed by atoms with Crippen LogP contribution in [-0.4, -0.2) is 19.3 Å². The lowest BCUT2D eigenvalue weighted by molar-refractivity contribution is 0.190. The number of halogens is 2. The van der Waals surface area contributed by atoms with Gasteiger partial charge in [0.2, 0.25) is 0 Å². The number of aliphatic hydroxyl groups excluding tert-OH is 1. The highest BCUT2D eigenvalue weighted by atomic mass is 32.2. The van der Waals surface area contributed by atoms with Crippen LogP contribution in [0.4, 0.5) is 8.78 Å². The zero-order chi connectivity index (χ0) is 17.2. The number of hydrogen-bond acceptors (Lipinski definition) is 3. The van der Waals surface area contributed by atoms with Crippen LogP contribution in [0.2, 0.25) is 0 Å². The largest absolute Gasteiger partial charge is 0.387 e. The molecule has 124 valence electrons. The van der Waals surface area contributed by atoms with Gasteiger partial charge in [-0.15, -0.1) is 0 Å². The average Bonchev–Trinajstić information content (AvgIpc) is 2.45. The third-order valence-corrected chi connectivity index (χ3v) is 5.90. The molecule has 0 heterocycles. The van der Waals surface area contributed by atoms with E-state index < -0.39 is 44.1 Å². The highest BCUT2D eigenvalue weighted by Gasteiger charge is 2.29. The fourth-order valence-electron chi connectivity index (χ4n) is 2.41. The van der Waals surface area contributed by atoms with E-state index in [0.29, 0.717) is 5.56 Å². The molecule has 3 nitrogen and oxygen atoms in total. The van der Waals surface area contributed by atoms with Gasteiger partial charge in [0.15, 0.2) is 9.84 Å². The minimum Gasteiger partial charge on any atom is -0.387 e. The van der Waals surface area contributed by atoms with E-state index in [1.807, 2.05) is 13.0 Å². The first-order valence-corrected chi connectivity index (χ1v) is 8.84. The second-order valence-electron chi connectivity index (χ2n) is 5.54. The van der Waals surface area contributed by atoms with Gasteiger partial charge in [-0.3, -0.25) is 0 Å². The molecule has 0 bridgehead atoms. The predicted octanol–water partition coefficient (Wildman–Crippen LogP) is 3.48. The van der Waals surface area contributed by atoms with Crippen LogP contribution in [0.5, 0.6) is 0 Å². The second kappa shape index (κ2) is 6.76. The van der Waals surface area contributed by atoms with Gasteiger partial charge in [-0.2, -0.15) is 0 Å². The minimum absolute atomic E-state index is 0.575. The van der Waals surface area contributed by atoms with Crippen LogP contribution in [0.15, 0.2) is 42.5 Å². The molecule has 0 aliphatic rings. The molecule has 0 aliphatic carbocycles. The summed E-state index contributed by atoms with van der Waals surface area (Å²) in [6.07, 6.45) is -1.76.